The number of aryl methyl sites for hydroxylation is 2. The SMILES string of the molecule is CCCCCCCCCn1cc(CNCC)c(C)n1. The number of aromatic nitrogens is 2. The van der Waals surface area contributed by atoms with Crippen LogP contribution in [0.2, 0.25) is 0 Å². The Morgan fingerprint density at radius 2 is 1.74 bits per heavy atom. The Balaban J connectivity index is 2.15. The van der Waals surface area contributed by atoms with Gasteiger partial charge in [0.05, 0.1) is 5.69 Å². The van der Waals surface area contributed by atoms with Gasteiger partial charge in [0.1, 0.15) is 0 Å². The molecule has 3 nitrogen and oxygen atoms in total. The molecule has 1 rings (SSSR count). The van der Waals surface area contributed by atoms with Gasteiger partial charge in [0.2, 0.25) is 0 Å². The summed E-state index contributed by atoms with van der Waals surface area (Å²) in [5.41, 5.74) is 2.51. The second-order valence-electron chi connectivity index (χ2n) is 5.40. The second-order valence-corrected chi connectivity index (χ2v) is 5.40. The van der Waals surface area contributed by atoms with Crippen LogP contribution in [0.15, 0.2) is 6.20 Å². The smallest absolute Gasteiger partial charge is 0.0638 e. The number of nitrogens with zero attached hydrogens (tertiary/aromatic N) is 2. The van der Waals surface area contributed by atoms with E-state index in [1.54, 1.807) is 0 Å². The molecule has 0 spiro atoms. The lowest BCUT2D eigenvalue weighted by molar-refractivity contribution is 0.521. The molecular weight excluding hydrogens is 234 g/mol. The first-order valence-electron chi connectivity index (χ1n) is 8.01. The molecule has 0 fully saturated rings. The molecule has 0 unspecified atom stereocenters. The van der Waals surface area contributed by atoms with Crippen molar-refractivity contribution in [3.05, 3.63) is 17.5 Å². The predicted octanol–water partition coefficient (Wildman–Crippen LogP) is 4.05. The Morgan fingerprint density at radius 1 is 1.05 bits per heavy atom. The van der Waals surface area contributed by atoms with E-state index in [0.29, 0.717) is 0 Å². The zero-order valence-corrected chi connectivity index (χ0v) is 13.0. The normalized spacial score (nSPS) is 11.1. The number of rotatable bonds is 11. The summed E-state index contributed by atoms with van der Waals surface area (Å²) in [7, 11) is 0. The van der Waals surface area contributed by atoms with Crippen LogP contribution in [-0.4, -0.2) is 16.3 Å². The minimum Gasteiger partial charge on any atom is -0.313 e. The summed E-state index contributed by atoms with van der Waals surface area (Å²) in [5, 5.41) is 7.95. The van der Waals surface area contributed by atoms with Crippen molar-refractivity contribution in [2.45, 2.75) is 78.8 Å². The van der Waals surface area contributed by atoms with E-state index in [1.807, 2.05) is 0 Å². The van der Waals surface area contributed by atoms with Crippen LogP contribution in [-0.2, 0) is 13.1 Å². The lowest BCUT2D eigenvalue weighted by Crippen LogP contribution is -2.11. The van der Waals surface area contributed by atoms with Crippen molar-refractivity contribution in [3.63, 3.8) is 0 Å². The Morgan fingerprint density at radius 3 is 2.42 bits per heavy atom. The van der Waals surface area contributed by atoms with Gasteiger partial charge in [-0.1, -0.05) is 52.4 Å². The Labute approximate surface area is 118 Å². The second kappa shape index (κ2) is 10.0. The van der Waals surface area contributed by atoms with Crippen molar-refractivity contribution in [2.24, 2.45) is 0 Å². The van der Waals surface area contributed by atoms with E-state index in [4.69, 9.17) is 0 Å². The molecule has 0 atom stereocenters. The molecule has 0 bridgehead atoms. The molecule has 0 aliphatic heterocycles. The van der Waals surface area contributed by atoms with Crippen LogP contribution in [0.25, 0.3) is 0 Å². The third-order valence-electron chi connectivity index (χ3n) is 3.60. The average Bonchev–Trinajstić information content (AvgIpc) is 2.76. The summed E-state index contributed by atoms with van der Waals surface area (Å²) in [6, 6.07) is 0. The summed E-state index contributed by atoms with van der Waals surface area (Å²) in [4.78, 5) is 0. The van der Waals surface area contributed by atoms with E-state index in [9.17, 15) is 0 Å². The highest BCUT2D eigenvalue weighted by atomic mass is 15.3. The molecule has 0 amide bonds. The molecule has 3 heteroatoms. The van der Waals surface area contributed by atoms with Crippen molar-refractivity contribution in [1.82, 2.24) is 15.1 Å². The first-order valence-corrected chi connectivity index (χ1v) is 8.01. The maximum absolute atomic E-state index is 4.59. The molecule has 0 saturated carbocycles. The third-order valence-corrected chi connectivity index (χ3v) is 3.60. The van der Waals surface area contributed by atoms with Crippen molar-refractivity contribution in [1.29, 1.82) is 0 Å². The fraction of sp³-hybridized carbons (Fsp3) is 0.812. The number of nitrogens with one attached hydrogen (secondary N) is 1. The summed E-state index contributed by atoms with van der Waals surface area (Å²) in [5.74, 6) is 0. The van der Waals surface area contributed by atoms with Gasteiger partial charge in [-0.05, 0) is 19.9 Å². The van der Waals surface area contributed by atoms with E-state index in [2.05, 4.69) is 42.1 Å². The summed E-state index contributed by atoms with van der Waals surface area (Å²) in [6.07, 6.45) is 11.7. The monoisotopic (exact) mass is 265 g/mol. The first kappa shape index (κ1) is 16.2. The van der Waals surface area contributed by atoms with E-state index >= 15 is 0 Å². The quantitative estimate of drug-likeness (QED) is 0.612. The van der Waals surface area contributed by atoms with Gasteiger partial charge >= 0.3 is 0 Å². The molecular formula is C16H31N3. The van der Waals surface area contributed by atoms with Crippen LogP contribution in [0.4, 0.5) is 0 Å². The first-order chi connectivity index (χ1) is 9.27. The maximum atomic E-state index is 4.59. The van der Waals surface area contributed by atoms with Crippen LogP contribution >= 0.6 is 0 Å². The van der Waals surface area contributed by atoms with Crippen LogP contribution in [0.3, 0.4) is 0 Å². The van der Waals surface area contributed by atoms with Crippen LogP contribution < -0.4 is 5.32 Å². The van der Waals surface area contributed by atoms with Crippen molar-refractivity contribution >= 4 is 0 Å². The Bertz CT molecular complexity index is 331. The van der Waals surface area contributed by atoms with E-state index in [-0.39, 0.29) is 0 Å². The fourth-order valence-corrected chi connectivity index (χ4v) is 2.34. The molecule has 110 valence electrons. The Kier molecular flexibility index (Phi) is 8.55. The summed E-state index contributed by atoms with van der Waals surface area (Å²) in [6.45, 7) is 9.54. The van der Waals surface area contributed by atoms with Crippen LogP contribution in [0.1, 0.15) is 70.1 Å². The topological polar surface area (TPSA) is 29.9 Å². The molecule has 0 saturated heterocycles. The van der Waals surface area contributed by atoms with Gasteiger partial charge in [0.15, 0.2) is 0 Å². The van der Waals surface area contributed by atoms with Gasteiger partial charge in [-0.25, -0.2) is 0 Å². The van der Waals surface area contributed by atoms with Gasteiger partial charge in [0, 0.05) is 24.8 Å². The average molecular weight is 265 g/mol. The van der Waals surface area contributed by atoms with Crippen LogP contribution in [0.5, 0.6) is 0 Å². The van der Waals surface area contributed by atoms with E-state index in [0.717, 1.165) is 19.6 Å². The molecule has 0 aliphatic rings. The molecule has 1 aromatic heterocycles. The lowest BCUT2D eigenvalue weighted by Gasteiger charge is -2.02. The predicted molar refractivity (Wildman–Crippen MR) is 82.3 cm³/mol. The highest BCUT2D eigenvalue weighted by Gasteiger charge is 2.03. The molecule has 19 heavy (non-hydrogen) atoms. The fourth-order valence-electron chi connectivity index (χ4n) is 2.34. The minimum atomic E-state index is 0.944. The summed E-state index contributed by atoms with van der Waals surface area (Å²) >= 11 is 0. The van der Waals surface area contributed by atoms with Crippen LogP contribution in [0, 0.1) is 6.92 Å². The maximum Gasteiger partial charge on any atom is 0.0638 e. The zero-order valence-electron chi connectivity index (χ0n) is 13.0. The van der Waals surface area contributed by atoms with Crippen molar-refractivity contribution in [3.8, 4) is 0 Å². The van der Waals surface area contributed by atoms with Gasteiger partial charge in [-0.2, -0.15) is 5.10 Å². The molecule has 0 aliphatic carbocycles. The highest BCUT2D eigenvalue weighted by Crippen LogP contribution is 2.09. The Hall–Kier alpha value is -0.830. The molecule has 1 heterocycles. The molecule has 1 aromatic rings. The van der Waals surface area contributed by atoms with Gasteiger partial charge in [-0.3, -0.25) is 4.68 Å². The van der Waals surface area contributed by atoms with Gasteiger partial charge in [-0.15, -0.1) is 0 Å². The molecule has 0 aromatic carbocycles. The van der Waals surface area contributed by atoms with Crippen molar-refractivity contribution in [2.75, 3.05) is 6.54 Å². The lowest BCUT2D eigenvalue weighted by atomic mass is 10.1. The summed E-state index contributed by atoms with van der Waals surface area (Å²) < 4.78 is 2.12. The van der Waals surface area contributed by atoms with Crippen molar-refractivity contribution < 1.29 is 0 Å². The number of hydrogen-bond acceptors (Lipinski definition) is 2. The molecule has 1 N–H and O–H groups in total. The molecule has 0 radical (unpaired) electrons. The standard InChI is InChI=1S/C16H31N3/c1-4-6-7-8-9-10-11-12-19-14-16(13-17-5-2)15(3)18-19/h14,17H,4-13H2,1-3H3. The minimum absolute atomic E-state index is 0.944. The number of unbranched alkanes of at least 4 members (excludes halogenated alkanes) is 6. The number of hydrogen-bond donors (Lipinski definition) is 1. The largest absolute Gasteiger partial charge is 0.313 e. The zero-order chi connectivity index (χ0) is 13.9. The highest BCUT2D eigenvalue weighted by molar-refractivity contribution is 5.14. The third kappa shape index (κ3) is 6.76. The van der Waals surface area contributed by atoms with E-state index < -0.39 is 0 Å². The van der Waals surface area contributed by atoms with Gasteiger partial charge in [0.25, 0.3) is 0 Å². The van der Waals surface area contributed by atoms with Gasteiger partial charge < -0.3 is 5.32 Å². The van der Waals surface area contributed by atoms with E-state index in [1.165, 1.54) is 56.2 Å².